The number of aryl methyl sites for hydroxylation is 1. The van der Waals surface area contributed by atoms with Gasteiger partial charge in [0.15, 0.2) is 5.41 Å². The predicted octanol–water partition coefficient (Wildman–Crippen LogP) is 1.90. The van der Waals surface area contributed by atoms with E-state index in [2.05, 4.69) is 0 Å². The SMILES string of the molecule is Cc1cccc(O[C@](O)(CN)[Si](C)(C)C)c1. The number of rotatable bonds is 4. The maximum absolute atomic E-state index is 10.4. The lowest BCUT2D eigenvalue weighted by Crippen LogP contribution is -2.61. The van der Waals surface area contributed by atoms with Gasteiger partial charge in [-0.25, -0.2) is 0 Å². The molecule has 3 N–H and O–H groups in total. The minimum Gasteiger partial charge on any atom is -0.465 e. The maximum Gasteiger partial charge on any atom is 0.199 e. The van der Waals surface area contributed by atoms with E-state index in [9.17, 15) is 5.11 Å². The highest BCUT2D eigenvalue weighted by Crippen LogP contribution is 2.25. The number of benzene rings is 1. The quantitative estimate of drug-likeness (QED) is 0.623. The van der Waals surface area contributed by atoms with Gasteiger partial charge >= 0.3 is 0 Å². The minimum absolute atomic E-state index is 0.122. The van der Waals surface area contributed by atoms with E-state index in [4.69, 9.17) is 10.5 Å². The average Bonchev–Trinajstić information content (AvgIpc) is 2.15. The zero-order valence-corrected chi connectivity index (χ0v) is 11.4. The molecule has 16 heavy (non-hydrogen) atoms. The van der Waals surface area contributed by atoms with Crippen molar-refractivity contribution in [2.45, 2.75) is 32.0 Å². The van der Waals surface area contributed by atoms with E-state index < -0.39 is 13.5 Å². The Bertz CT molecular complexity index is 362. The molecule has 1 aromatic rings. The first-order chi connectivity index (χ1) is 7.28. The maximum atomic E-state index is 10.4. The molecule has 0 aliphatic rings. The highest BCUT2D eigenvalue weighted by atomic mass is 28.3. The Morgan fingerprint density at radius 2 is 2.00 bits per heavy atom. The zero-order chi connectivity index (χ0) is 12.4. The molecule has 1 atom stereocenters. The number of hydrogen-bond acceptors (Lipinski definition) is 3. The van der Waals surface area contributed by atoms with Crippen LogP contribution in [0.4, 0.5) is 0 Å². The Morgan fingerprint density at radius 3 is 2.44 bits per heavy atom. The summed E-state index contributed by atoms with van der Waals surface area (Å²) in [5.41, 5.74) is 5.54. The van der Waals surface area contributed by atoms with Gasteiger partial charge in [0.2, 0.25) is 0 Å². The molecule has 0 bridgehead atoms. The summed E-state index contributed by atoms with van der Waals surface area (Å²) in [7, 11) is -1.90. The van der Waals surface area contributed by atoms with Gasteiger partial charge in [0, 0.05) is 0 Å². The monoisotopic (exact) mass is 239 g/mol. The summed E-state index contributed by atoms with van der Waals surface area (Å²) in [4.78, 5) is 0. The molecule has 1 aromatic carbocycles. The van der Waals surface area contributed by atoms with Crippen molar-refractivity contribution in [2.75, 3.05) is 6.54 Å². The Balaban J connectivity index is 2.94. The third kappa shape index (κ3) is 2.84. The molecule has 0 saturated carbocycles. The lowest BCUT2D eigenvalue weighted by atomic mass is 10.2. The Labute approximate surface area is 98.2 Å². The number of nitrogens with two attached hydrogens (primary N) is 1. The first-order valence-electron chi connectivity index (χ1n) is 5.47. The van der Waals surface area contributed by atoms with Crippen molar-refractivity contribution in [1.29, 1.82) is 0 Å². The molecule has 90 valence electrons. The van der Waals surface area contributed by atoms with Gasteiger partial charge in [-0.3, -0.25) is 0 Å². The van der Waals surface area contributed by atoms with E-state index in [1.165, 1.54) is 0 Å². The second-order valence-electron chi connectivity index (χ2n) is 5.16. The van der Waals surface area contributed by atoms with Crippen LogP contribution < -0.4 is 10.5 Å². The van der Waals surface area contributed by atoms with Crippen LogP contribution in [0.15, 0.2) is 24.3 Å². The van der Waals surface area contributed by atoms with Crippen molar-refractivity contribution in [3.8, 4) is 5.75 Å². The molecule has 0 fully saturated rings. The van der Waals surface area contributed by atoms with E-state index in [-0.39, 0.29) is 6.54 Å². The smallest absolute Gasteiger partial charge is 0.199 e. The normalized spacial score (nSPS) is 15.6. The van der Waals surface area contributed by atoms with E-state index in [0.717, 1.165) is 5.56 Å². The molecule has 0 amide bonds. The molecular weight excluding hydrogens is 218 g/mol. The summed E-state index contributed by atoms with van der Waals surface area (Å²) in [6.07, 6.45) is 0. The van der Waals surface area contributed by atoms with Crippen LogP contribution in [0.2, 0.25) is 19.6 Å². The average molecular weight is 239 g/mol. The third-order valence-electron chi connectivity index (χ3n) is 2.72. The Hall–Kier alpha value is -0.843. The molecule has 0 spiro atoms. The van der Waals surface area contributed by atoms with Gasteiger partial charge in [-0.1, -0.05) is 31.8 Å². The molecule has 1 rings (SSSR count). The van der Waals surface area contributed by atoms with Crippen molar-refractivity contribution in [1.82, 2.24) is 0 Å². The van der Waals surface area contributed by atoms with Crippen molar-refractivity contribution < 1.29 is 9.84 Å². The van der Waals surface area contributed by atoms with Crippen LogP contribution in [-0.4, -0.2) is 25.1 Å². The first-order valence-corrected chi connectivity index (χ1v) is 8.97. The van der Waals surface area contributed by atoms with Crippen LogP contribution in [0.25, 0.3) is 0 Å². The molecule has 0 aliphatic heterocycles. The predicted molar refractivity (Wildman–Crippen MR) is 69.2 cm³/mol. The minimum atomic E-state index is -1.90. The Morgan fingerprint density at radius 1 is 1.38 bits per heavy atom. The highest BCUT2D eigenvalue weighted by Gasteiger charge is 2.43. The van der Waals surface area contributed by atoms with Gasteiger partial charge in [0.1, 0.15) is 13.8 Å². The molecule has 0 heterocycles. The molecule has 4 heteroatoms. The molecule has 0 saturated heterocycles. The van der Waals surface area contributed by atoms with Gasteiger partial charge in [0.05, 0.1) is 6.54 Å². The zero-order valence-electron chi connectivity index (χ0n) is 10.4. The van der Waals surface area contributed by atoms with Gasteiger partial charge in [-0.05, 0) is 24.6 Å². The second kappa shape index (κ2) is 4.57. The molecule has 0 aromatic heterocycles. The second-order valence-corrected chi connectivity index (χ2v) is 10.4. The third-order valence-corrected chi connectivity index (χ3v) is 5.37. The fourth-order valence-electron chi connectivity index (χ4n) is 1.37. The summed E-state index contributed by atoms with van der Waals surface area (Å²) in [6, 6.07) is 7.64. The van der Waals surface area contributed by atoms with Crippen molar-refractivity contribution in [3.63, 3.8) is 0 Å². The lowest BCUT2D eigenvalue weighted by molar-refractivity contribution is -0.0637. The summed E-state index contributed by atoms with van der Waals surface area (Å²) >= 11 is 0. The van der Waals surface area contributed by atoms with Crippen LogP contribution in [-0.2, 0) is 0 Å². The fourth-order valence-corrected chi connectivity index (χ4v) is 2.41. The topological polar surface area (TPSA) is 55.5 Å². The van der Waals surface area contributed by atoms with Crippen molar-refractivity contribution >= 4 is 8.07 Å². The van der Waals surface area contributed by atoms with Crippen LogP contribution in [0.5, 0.6) is 5.75 Å². The van der Waals surface area contributed by atoms with E-state index in [1.807, 2.05) is 50.8 Å². The van der Waals surface area contributed by atoms with Gasteiger partial charge in [-0.2, -0.15) is 0 Å². The first kappa shape index (κ1) is 13.2. The van der Waals surface area contributed by atoms with Crippen LogP contribution in [0, 0.1) is 6.92 Å². The van der Waals surface area contributed by atoms with Crippen LogP contribution in [0.1, 0.15) is 5.56 Å². The molecule has 0 aliphatic carbocycles. The van der Waals surface area contributed by atoms with E-state index >= 15 is 0 Å². The number of aliphatic hydroxyl groups is 1. The molecule has 3 nitrogen and oxygen atoms in total. The van der Waals surface area contributed by atoms with Gasteiger partial charge < -0.3 is 15.6 Å². The van der Waals surface area contributed by atoms with Crippen molar-refractivity contribution in [3.05, 3.63) is 29.8 Å². The summed E-state index contributed by atoms with van der Waals surface area (Å²) in [5, 5.41) is 10.4. The lowest BCUT2D eigenvalue weighted by Gasteiger charge is -2.37. The number of ether oxygens (including phenoxy) is 1. The number of hydrogen-bond donors (Lipinski definition) is 2. The highest BCUT2D eigenvalue weighted by molar-refractivity contribution is 6.78. The molecule has 0 unspecified atom stereocenters. The summed E-state index contributed by atoms with van der Waals surface area (Å²) < 4.78 is 5.69. The van der Waals surface area contributed by atoms with E-state index in [0.29, 0.717) is 5.75 Å². The summed E-state index contributed by atoms with van der Waals surface area (Å²) in [6.45, 7) is 8.22. The summed E-state index contributed by atoms with van der Waals surface area (Å²) in [5.74, 6) is 0.676. The largest absolute Gasteiger partial charge is 0.465 e. The van der Waals surface area contributed by atoms with Gasteiger partial charge in [-0.15, -0.1) is 0 Å². The Kier molecular flexibility index (Phi) is 3.78. The van der Waals surface area contributed by atoms with Crippen LogP contribution >= 0.6 is 0 Å². The standard InChI is InChI=1S/C12H21NO2Si/c1-10-6-5-7-11(8-10)15-12(14,9-13)16(2,3)4/h5-8,14H,9,13H2,1-4H3/t12-/m1/s1. The van der Waals surface area contributed by atoms with Crippen LogP contribution in [0.3, 0.4) is 0 Å². The molecule has 0 radical (unpaired) electrons. The van der Waals surface area contributed by atoms with Gasteiger partial charge in [0.25, 0.3) is 0 Å². The van der Waals surface area contributed by atoms with E-state index in [1.54, 1.807) is 0 Å². The fraction of sp³-hybridized carbons (Fsp3) is 0.500. The molecular formula is C12H21NO2Si. The van der Waals surface area contributed by atoms with Crippen molar-refractivity contribution in [2.24, 2.45) is 5.73 Å².